The smallest absolute Gasteiger partial charge is 0.311 e. The Hall–Kier alpha value is -1.21. The van der Waals surface area contributed by atoms with Crippen LogP contribution >= 0.6 is 15.9 Å². The zero-order valence-corrected chi connectivity index (χ0v) is 11.6. The number of hydrogen-bond donors (Lipinski definition) is 1. The standard InChI is InChI=1S/C11H14BrN3O3/c1-11(16)2-4-14(5-3-11)10-8(12)6-13-7-9(10)15(17)18/h6-7,16H,2-5H2,1H3. The number of aliphatic hydroxyl groups is 1. The first-order chi connectivity index (χ1) is 8.41. The van der Waals surface area contributed by atoms with Gasteiger partial charge in [0.05, 0.1) is 15.0 Å². The zero-order chi connectivity index (χ0) is 13.3. The molecule has 0 spiro atoms. The topological polar surface area (TPSA) is 79.5 Å². The summed E-state index contributed by atoms with van der Waals surface area (Å²) in [4.78, 5) is 16.3. The van der Waals surface area contributed by atoms with Crippen molar-refractivity contribution in [2.24, 2.45) is 0 Å². The normalized spacial score (nSPS) is 18.7. The van der Waals surface area contributed by atoms with E-state index in [9.17, 15) is 15.2 Å². The monoisotopic (exact) mass is 315 g/mol. The number of pyridine rings is 1. The molecule has 1 aromatic rings. The average molecular weight is 316 g/mol. The second-order valence-corrected chi connectivity index (χ2v) is 5.58. The van der Waals surface area contributed by atoms with E-state index in [0.29, 0.717) is 36.1 Å². The molecule has 1 N–H and O–H groups in total. The van der Waals surface area contributed by atoms with Gasteiger partial charge in [0.2, 0.25) is 0 Å². The summed E-state index contributed by atoms with van der Waals surface area (Å²) in [5.74, 6) is 0. The van der Waals surface area contributed by atoms with Crippen LogP contribution in [-0.4, -0.2) is 33.7 Å². The molecule has 98 valence electrons. The van der Waals surface area contributed by atoms with Crippen LogP contribution in [0.4, 0.5) is 11.4 Å². The van der Waals surface area contributed by atoms with Gasteiger partial charge in [0.25, 0.3) is 0 Å². The molecule has 0 amide bonds. The maximum Gasteiger partial charge on any atom is 0.311 e. The Morgan fingerprint density at radius 2 is 2.11 bits per heavy atom. The van der Waals surface area contributed by atoms with E-state index in [-0.39, 0.29) is 5.69 Å². The van der Waals surface area contributed by atoms with Crippen LogP contribution in [0.15, 0.2) is 16.9 Å². The van der Waals surface area contributed by atoms with Crippen molar-refractivity contribution in [1.29, 1.82) is 0 Å². The van der Waals surface area contributed by atoms with E-state index in [0.717, 1.165) is 0 Å². The molecule has 0 bridgehead atoms. The molecule has 0 aromatic carbocycles. The van der Waals surface area contributed by atoms with Crippen molar-refractivity contribution in [3.63, 3.8) is 0 Å². The van der Waals surface area contributed by atoms with E-state index in [1.54, 1.807) is 13.1 Å². The number of nitro groups is 1. The van der Waals surface area contributed by atoms with Gasteiger partial charge in [0, 0.05) is 19.3 Å². The molecule has 0 unspecified atom stereocenters. The minimum absolute atomic E-state index is 0.00841. The fourth-order valence-corrected chi connectivity index (χ4v) is 2.65. The van der Waals surface area contributed by atoms with Crippen molar-refractivity contribution in [1.82, 2.24) is 4.98 Å². The lowest BCUT2D eigenvalue weighted by Crippen LogP contribution is -2.42. The highest BCUT2D eigenvalue weighted by Gasteiger charge is 2.31. The van der Waals surface area contributed by atoms with Gasteiger partial charge < -0.3 is 10.0 Å². The first kappa shape index (κ1) is 13.2. The van der Waals surface area contributed by atoms with Crippen LogP contribution in [0.1, 0.15) is 19.8 Å². The van der Waals surface area contributed by atoms with Crippen molar-refractivity contribution in [2.75, 3.05) is 18.0 Å². The molecule has 0 saturated carbocycles. The third-order valence-electron chi connectivity index (χ3n) is 3.21. The maximum absolute atomic E-state index is 11.0. The molecule has 18 heavy (non-hydrogen) atoms. The van der Waals surface area contributed by atoms with Gasteiger partial charge in [-0.1, -0.05) is 0 Å². The third-order valence-corrected chi connectivity index (χ3v) is 3.79. The molecule has 1 aliphatic rings. The fourth-order valence-electron chi connectivity index (χ4n) is 2.08. The minimum atomic E-state index is -0.676. The van der Waals surface area contributed by atoms with E-state index in [1.165, 1.54) is 6.20 Å². The van der Waals surface area contributed by atoms with Gasteiger partial charge in [-0.3, -0.25) is 15.1 Å². The summed E-state index contributed by atoms with van der Waals surface area (Å²) in [5, 5.41) is 20.9. The first-order valence-electron chi connectivity index (χ1n) is 5.66. The van der Waals surface area contributed by atoms with Gasteiger partial charge in [-0.25, -0.2) is 0 Å². The number of hydrogen-bond acceptors (Lipinski definition) is 5. The molecule has 1 aliphatic heterocycles. The van der Waals surface area contributed by atoms with Crippen LogP contribution in [0.2, 0.25) is 0 Å². The lowest BCUT2D eigenvalue weighted by Gasteiger charge is -2.37. The van der Waals surface area contributed by atoms with Crippen molar-refractivity contribution in [2.45, 2.75) is 25.4 Å². The summed E-state index contributed by atoms with van der Waals surface area (Å²) < 4.78 is 0.609. The van der Waals surface area contributed by atoms with Crippen LogP contribution in [0.5, 0.6) is 0 Å². The third kappa shape index (κ3) is 2.62. The highest BCUT2D eigenvalue weighted by atomic mass is 79.9. The molecule has 7 heteroatoms. The molecule has 1 saturated heterocycles. The predicted molar refractivity (Wildman–Crippen MR) is 70.7 cm³/mol. The molecule has 1 fully saturated rings. The van der Waals surface area contributed by atoms with Gasteiger partial charge >= 0.3 is 5.69 Å². The quantitative estimate of drug-likeness (QED) is 0.668. The van der Waals surface area contributed by atoms with Crippen molar-refractivity contribution in [3.05, 3.63) is 27.0 Å². The molecule has 0 radical (unpaired) electrons. The van der Waals surface area contributed by atoms with E-state index in [1.807, 2.05) is 4.90 Å². The van der Waals surface area contributed by atoms with E-state index < -0.39 is 10.5 Å². The largest absolute Gasteiger partial charge is 0.390 e. The number of aromatic nitrogens is 1. The van der Waals surface area contributed by atoms with E-state index >= 15 is 0 Å². The Labute approximate surface area is 113 Å². The van der Waals surface area contributed by atoms with Crippen LogP contribution in [0.3, 0.4) is 0 Å². The molecule has 2 heterocycles. The summed E-state index contributed by atoms with van der Waals surface area (Å²) in [6.07, 6.45) is 4.00. The number of rotatable bonds is 2. The average Bonchev–Trinajstić information content (AvgIpc) is 2.29. The molecule has 1 aromatic heterocycles. The molecule has 0 aliphatic carbocycles. The molecule has 2 rings (SSSR count). The number of nitrogens with zero attached hydrogens (tertiary/aromatic N) is 3. The second-order valence-electron chi connectivity index (χ2n) is 4.73. The zero-order valence-electron chi connectivity index (χ0n) is 9.97. The molecule has 6 nitrogen and oxygen atoms in total. The minimum Gasteiger partial charge on any atom is -0.390 e. The Kier molecular flexibility index (Phi) is 3.54. The second kappa shape index (κ2) is 4.81. The summed E-state index contributed by atoms with van der Waals surface area (Å²) in [5.41, 5.74) is -0.137. The Bertz CT molecular complexity index is 469. The van der Waals surface area contributed by atoms with Gasteiger partial charge in [0.15, 0.2) is 0 Å². The summed E-state index contributed by atoms with van der Waals surface area (Å²) in [7, 11) is 0. The highest BCUT2D eigenvalue weighted by Crippen LogP contribution is 2.37. The molecular formula is C11H14BrN3O3. The first-order valence-corrected chi connectivity index (χ1v) is 6.45. The number of piperidine rings is 1. The molecule has 0 atom stereocenters. The van der Waals surface area contributed by atoms with Crippen LogP contribution < -0.4 is 4.90 Å². The van der Waals surface area contributed by atoms with Gasteiger partial charge in [-0.2, -0.15) is 0 Å². The van der Waals surface area contributed by atoms with Crippen LogP contribution in [0, 0.1) is 10.1 Å². The summed E-state index contributed by atoms with van der Waals surface area (Å²) in [6, 6.07) is 0. The summed E-state index contributed by atoms with van der Waals surface area (Å²) >= 11 is 3.31. The maximum atomic E-state index is 11.0. The van der Waals surface area contributed by atoms with Crippen LogP contribution in [0.25, 0.3) is 0 Å². The van der Waals surface area contributed by atoms with Crippen molar-refractivity contribution in [3.8, 4) is 0 Å². The SMILES string of the molecule is CC1(O)CCN(c2c(Br)cncc2[N+](=O)[O-])CC1. The van der Waals surface area contributed by atoms with Gasteiger partial charge in [0.1, 0.15) is 11.9 Å². The predicted octanol–water partition coefficient (Wildman–Crippen LogP) is 2.10. The van der Waals surface area contributed by atoms with Gasteiger partial charge in [-0.05, 0) is 35.7 Å². The van der Waals surface area contributed by atoms with Crippen LogP contribution in [-0.2, 0) is 0 Å². The Morgan fingerprint density at radius 1 is 1.50 bits per heavy atom. The van der Waals surface area contributed by atoms with Crippen molar-refractivity contribution < 1.29 is 10.0 Å². The molecular weight excluding hydrogens is 302 g/mol. The van der Waals surface area contributed by atoms with E-state index in [4.69, 9.17) is 0 Å². The van der Waals surface area contributed by atoms with Gasteiger partial charge in [-0.15, -0.1) is 0 Å². The number of halogens is 1. The Morgan fingerprint density at radius 3 is 2.67 bits per heavy atom. The lowest BCUT2D eigenvalue weighted by molar-refractivity contribution is -0.384. The van der Waals surface area contributed by atoms with Crippen molar-refractivity contribution >= 4 is 27.3 Å². The van der Waals surface area contributed by atoms with E-state index in [2.05, 4.69) is 20.9 Å². The lowest BCUT2D eigenvalue weighted by atomic mass is 9.93. The highest BCUT2D eigenvalue weighted by molar-refractivity contribution is 9.10. The Balaban J connectivity index is 2.31. The number of anilines is 1. The summed E-state index contributed by atoms with van der Waals surface area (Å²) in [6.45, 7) is 2.98. The fraction of sp³-hybridized carbons (Fsp3) is 0.545.